The number of sulfone groups is 1. The van der Waals surface area contributed by atoms with Crippen LogP contribution in [-0.2, 0) is 35.5 Å². The molecule has 2 amide bonds. The van der Waals surface area contributed by atoms with Crippen molar-refractivity contribution in [1.82, 2.24) is 10.6 Å². The first-order valence-corrected chi connectivity index (χ1v) is 12.1. The number of aliphatic hydroxyl groups is 1. The smallest absolute Gasteiger partial charge is 0.407 e. The summed E-state index contributed by atoms with van der Waals surface area (Å²) in [5.74, 6) is -1.91. The van der Waals surface area contributed by atoms with Gasteiger partial charge in [-0.3, -0.25) is 4.79 Å². The Morgan fingerprint density at radius 1 is 1.00 bits per heavy atom. The van der Waals surface area contributed by atoms with E-state index in [0.29, 0.717) is 0 Å². The fourth-order valence-electron chi connectivity index (χ4n) is 2.92. The first-order valence-electron chi connectivity index (χ1n) is 10.5. The maximum Gasteiger partial charge on any atom is 0.407 e. The van der Waals surface area contributed by atoms with Crippen LogP contribution >= 0.6 is 0 Å². The van der Waals surface area contributed by atoms with Gasteiger partial charge in [0.2, 0.25) is 5.91 Å². The van der Waals surface area contributed by atoms with Crippen LogP contribution in [0.25, 0.3) is 0 Å². The molecule has 0 heterocycles. The van der Waals surface area contributed by atoms with Crippen molar-refractivity contribution in [2.24, 2.45) is 0 Å². The summed E-state index contributed by atoms with van der Waals surface area (Å²) in [6.07, 6.45) is -2.66. The van der Waals surface area contributed by atoms with Crippen molar-refractivity contribution in [3.8, 4) is 0 Å². The molecule has 0 saturated heterocycles. The lowest BCUT2D eigenvalue weighted by atomic mass is 10.2. The predicted molar refractivity (Wildman–Crippen MR) is 122 cm³/mol. The first-order chi connectivity index (χ1) is 16.2. The average molecular weight is 493 g/mol. The second-order valence-corrected chi connectivity index (χ2v) is 9.47. The lowest BCUT2D eigenvalue weighted by Crippen LogP contribution is -2.44. The Morgan fingerprint density at radius 3 is 2.24 bits per heavy atom. The van der Waals surface area contributed by atoms with Crippen molar-refractivity contribution < 1.29 is 37.4 Å². The standard InChI is InChI=1S/C23H28N2O8S/c1-32-22(28)20(12-13-34(30,31)19-10-6-3-7-11-19)25-21(27)14-18(26)15-24-23(29)33-16-17-8-4-2-5-9-17/h2-11,18,20,26H,12-16H2,1H3,(H,24,29)(H,25,27)/t18-,20-/m0/s1. The average Bonchev–Trinajstić information content (AvgIpc) is 2.84. The second kappa shape index (κ2) is 13.3. The molecule has 2 atom stereocenters. The highest BCUT2D eigenvalue weighted by atomic mass is 32.2. The maximum atomic E-state index is 12.4. The third kappa shape index (κ3) is 9.20. The van der Waals surface area contributed by atoms with Crippen LogP contribution < -0.4 is 10.6 Å². The van der Waals surface area contributed by atoms with Crippen molar-refractivity contribution in [3.63, 3.8) is 0 Å². The molecule has 10 nitrogen and oxygen atoms in total. The summed E-state index contributed by atoms with van der Waals surface area (Å²) in [5, 5.41) is 14.7. The Balaban J connectivity index is 1.79. The van der Waals surface area contributed by atoms with E-state index in [1.165, 1.54) is 12.1 Å². The van der Waals surface area contributed by atoms with E-state index in [1.807, 2.05) is 6.07 Å². The number of nitrogens with one attached hydrogen (secondary N) is 2. The number of alkyl carbamates (subject to hydrolysis) is 1. The van der Waals surface area contributed by atoms with Crippen LogP contribution in [0.15, 0.2) is 65.6 Å². The van der Waals surface area contributed by atoms with Gasteiger partial charge in [0.15, 0.2) is 9.84 Å². The highest BCUT2D eigenvalue weighted by Gasteiger charge is 2.26. The van der Waals surface area contributed by atoms with Gasteiger partial charge in [0.25, 0.3) is 0 Å². The molecule has 0 aliphatic rings. The summed E-state index contributed by atoms with van der Waals surface area (Å²) in [6, 6.07) is 15.5. The van der Waals surface area contributed by atoms with Gasteiger partial charge in [-0.1, -0.05) is 48.5 Å². The van der Waals surface area contributed by atoms with Crippen molar-refractivity contribution in [2.75, 3.05) is 19.4 Å². The van der Waals surface area contributed by atoms with Gasteiger partial charge in [-0.25, -0.2) is 18.0 Å². The van der Waals surface area contributed by atoms with Crippen LogP contribution in [0, 0.1) is 0 Å². The van der Waals surface area contributed by atoms with E-state index in [0.717, 1.165) is 12.7 Å². The number of aliphatic hydroxyl groups excluding tert-OH is 1. The minimum atomic E-state index is -3.67. The Bertz CT molecular complexity index is 1050. The molecule has 0 bridgehead atoms. The number of benzene rings is 2. The molecule has 34 heavy (non-hydrogen) atoms. The maximum absolute atomic E-state index is 12.4. The van der Waals surface area contributed by atoms with Crippen LogP contribution in [-0.4, -0.2) is 63.0 Å². The Morgan fingerprint density at radius 2 is 1.62 bits per heavy atom. The third-order valence-electron chi connectivity index (χ3n) is 4.71. The van der Waals surface area contributed by atoms with Gasteiger partial charge >= 0.3 is 12.1 Å². The number of hydrogen-bond donors (Lipinski definition) is 3. The number of carbonyl (C=O) groups is 3. The number of hydrogen-bond acceptors (Lipinski definition) is 8. The molecular formula is C23H28N2O8S. The zero-order valence-electron chi connectivity index (χ0n) is 18.7. The van der Waals surface area contributed by atoms with Crippen molar-refractivity contribution in [3.05, 3.63) is 66.2 Å². The van der Waals surface area contributed by atoms with E-state index < -0.39 is 52.1 Å². The third-order valence-corrected chi connectivity index (χ3v) is 6.48. The van der Waals surface area contributed by atoms with E-state index in [9.17, 15) is 27.9 Å². The quantitative estimate of drug-likeness (QED) is 0.374. The Labute approximate surface area is 198 Å². The molecule has 0 aliphatic heterocycles. The Kier molecular flexibility index (Phi) is 10.5. The van der Waals surface area contributed by atoms with Gasteiger partial charge in [-0.05, 0) is 24.1 Å². The summed E-state index contributed by atoms with van der Waals surface area (Å²) in [6.45, 7) is -0.206. The lowest BCUT2D eigenvalue weighted by Gasteiger charge is -2.18. The fraction of sp³-hybridized carbons (Fsp3) is 0.348. The zero-order valence-corrected chi connectivity index (χ0v) is 19.5. The molecular weight excluding hydrogens is 464 g/mol. The van der Waals surface area contributed by atoms with Crippen LogP contribution in [0.5, 0.6) is 0 Å². The van der Waals surface area contributed by atoms with Gasteiger partial charge in [-0.15, -0.1) is 0 Å². The van der Waals surface area contributed by atoms with E-state index in [4.69, 9.17) is 4.74 Å². The molecule has 184 valence electrons. The van der Waals surface area contributed by atoms with Gasteiger partial charge in [0.05, 0.1) is 30.3 Å². The minimum absolute atomic E-state index is 0.0515. The van der Waals surface area contributed by atoms with Gasteiger partial charge in [0, 0.05) is 6.54 Å². The number of ether oxygens (including phenoxy) is 2. The number of carbonyl (C=O) groups excluding carboxylic acids is 3. The number of rotatable bonds is 12. The molecule has 0 fully saturated rings. The highest BCUT2D eigenvalue weighted by Crippen LogP contribution is 2.12. The van der Waals surface area contributed by atoms with Crippen molar-refractivity contribution >= 4 is 27.8 Å². The topological polar surface area (TPSA) is 148 Å². The highest BCUT2D eigenvalue weighted by molar-refractivity contribution is 7.91. The monoisotopic (exact) mass is 492 g/mol. The van der Waals surface area contributed by atoms with Crippen LogP contribution in [0.4, 0.5) is 4.79 Å². The molecule has 11 heteroatoms. The minimum Gasteiger partial charge on any atom is -0.467 e. The van der Waals surface area contributed by atoms with Crippen molar-refractivity contribution in [2.45, 2.75) is 36.5 Å². The summed E-state index contributed by atoms with van der Waals surface area (Å²) in [4.78, 5) is 36.1. The molecule has 0 unspecified atom stereocenters. The normalized spacial score (nSPS) is 12.8. The zero-order chi connectivity index (χ0) is 25.0. The molecule has 2 aromatic carbocycles. The summed E-state index contributed by atoms with van der Waals surface area (Å²) < 4.78 is 34.6. The second-order valence-electron chi connectivity index (χ2n) is 7.36. The summed E-state index contributed by atoms with van der Waals surface area (Å²) in [5.41, 5.74) is 0.792. The van der Waals surface area contributed by atoms with Crippen LogP contribution in [0.1, 0.15) is 18.4 Å². The van der Waals surface area contributed by atoms with Crippen LogP contribution in [0.2, 0.25) is 0 Å². The number of amides is 2. The molecule has 0 spiro atoms. The van der Waals surface area contributed by atoms with Gasteiger partial charge < -0.3 is 25.2 Å². The molecule has 0 saturated carbocycles. The van der Waals surface area contributed by atoms with E-state index >= 15 is 0 Å². The molecule has 2 rings (SSSR count). The van der Waals surface area contributed by atoms with Gasteiger partial charge in [0.1, 0.15) is 12.6 Å². The Hall–Kier alpha value is -3.44. The van der Waals surface area contributed by atoms with E-state index in [2.05, 4.69) is 15.4 Å². The summed E-state index contributed by atoms with van der Waals surface area (Å²) >= 11 is 0. The van der Waals surface area contributed by atoms with Crippen molar-refractivity contribution in [1.29, 1.82) is 0 Å². The predicted octanol–water partition coefficient (Wildman–Crippen LogP) is 1.19. The summed E-state index contributed by atoms with van der Waals surface area (Å²) in [7, 11) is -2.55. The van der Waals surface area contributed by atoms with Gasteiger partial charge in [-0.2, -0.15) is 0 Å². The SMILES string of the molecule is COC(=O)[C@H](CCS(=O)(=O)c1ccccc1)NC(=O)C[C@H](O)CNC(=O)OCc1ccccc1. The molecule has 0 radical (unpaired) electrons. The molecule has 2 aromatic rings. The first kappa shape index (κ1) is 26.8. The molecule has 0 aliphatic carbocycles. The fourth-order valence-corrected chi connectivity index (χ4v) is 4.28. The van der Waals surface area contributed by atoms with E-state index in [1.54, 1.807) is 42.5 Å². The lowest BCUT2D eigenvalue weighted by molar-refractivity contribution is -0.145. The number of methoxy groups -OCH3 is 1. The molecule has 0 aromatic heterocycles. The largest absolute Gasteiger partial charge is 0.467 e. The molecule has 3 N–H and O–H groups in total. The van der Waals surface area contributed by atoms with E-state index in [-0.39, 0.29) is 24.5 Å². The number of esters is 1. The van der Waals surface area contributed by atoms with Crippen LogP contribution in [0.3, 0.4) is 0 Å².